The monoisotopic (exact) mass is 1160 g/mol. The van der Waals surface area contributed by atoms with Crippen LogP contribution in [0.4, 0.5) is 3.89 Å². The van der Waals surface area contributed by atoms with Gasteiger partial charge in [0.15, 0.2) is 0 Å². The molecule has 1 fully saturated rings. The highest BCUT2D eigenvalue weighted by atomic mass is 32.3. The van der Waals surface area contributed by atoms with Crippen LogP contribution in [0, 0.1) is 0 Å². The fourth-order valence-corrected chi connectivity index (χ4v) is 12.8. The number of carboxylic acid groups (broad SMARTS) is 6. The summed E-state index contributed by atoms with van der Waals surface area (Å²) in [5.41, 5.74) is 0.00435. The molecule has 5 amide bonds. The Morgan fingerprint density at radius 1 is 0.512 bits per heavy atom. The summed E-state index contributed by atoms with van der Waals surface area (Å²) >= 11 is 0. The summed E-state index contributed by atoms with van der Waals surface area (Å²) in [6.45, 7) is 9.46. The van der Waals surface area contributed by atoms with E-state index in [2.05, 4.69) is 26.6 Å². The third-order valence-electron chi connectivity index (χ3n) is 13.1. The second-order valence-corrected chi connectivity index (χ2v) is 25.5. The zero-order chi connectivity index (χ0) is 60.4. The molecule has 452 valence electrons. The number of aliphatic carboxylic acids is 6. The van der Waals surface area contributed by atoms with Gasteiger partial charge in [-0.25, -0.2) is 4.79 Å². The van der Waals surface area contributed by atoms with Gasteiger partial charge in [-0.05, 0) is 104 Å². The molecule has 3 atom stereocenters. The molecule has 1 aliphatic rings. The number of nitrogens with zero attached hydrogens (tertiary/aromatic N) is 4. The van der Waals surface area contributed by atoms with Gasteiger partial charge in [0.2, 0.25) is 23.6 Å². The second-order valence-electron chi connectivity index (χ2n) is 21.5. The molecule has 11 N–H and O–H groups in total. The fourth-order valence-electron chi connectivity index (χ4n) is 9.08. The molecule has 0 spiro atoms. The number of benzene rings is 1. The van der Waals surface area contributed by atoms with Crippen LogP contribution in [0.1, 0.15) is 116 Å². The van der Waals surface area contributed by atoms with Gasteiger partial charge in [-0.2, -0.15) is 3.89 Å². The van der Waals surface area contributed by atoms with Crippen LogP contribution >= 0.6 is 10.4 Å². The Morgan fingerprint density at radius 3 is 1.36 bits per heavy atom. The molecule has 80 heavy (non-hydrogen) atoms. The van der Waals surface area contributed by atoms with E-state index in [4.69, 9.17) is 5.11 Å². The summed E-state index contributed by atoms with van der Waals surface area (Å²) in [4.78, 5) is 143. The van der Waals surface area contributed by atoms with Gasteiger partial charge < -0.3 is 57.2 Å². The molecule has 0 bridgehead atoms. The third kappa shape index (κ3) is 25.3. The molecule has 2 rings (SSSR count). The van der Waals surface area contributed by atoms with Gasteiger partial charge in [0, 0.05) is 118 Å². The van der Waals surface area contributed by atoms with E-state index in [0.29, 0.717) is 17.7 Å². The van der Waals surface area contributed by atoms with Crippen LogP contribution in [0.25, 0.3) is 0 Å². The van der Waals surface area contributed by atoms with E-state index >= 15 is 3.89 Å². The number of hydrogen-bond donors (Lipinski definition) is 11. The minimum atomic E-state index is -3.00. The highest BCUT2D eigenvalue weighted by Gasteiger charge is 2.48. The van der Waals surface area contributed by atoms with E-state index in [-0.39, 0.29) is 128 Å². The molecule has 1 aliphatic heterocycles. The maximum atomic E-state index is 17.1. The van der Waals surface area contributed by atoms with Gasteiger partial charge in [-0.1, -0.05) is 10.4 Å². The van der Waals surface area contributed by atoms with E-state index < -0.39 is 124 Å². The maximum Gasteiger partial charge on any atom is 0.326 e. The lowest BCUT2D eigenvalue weighted by Gasteiger charge is -2.52. The number of halogens is 1. The van der Waals surface area contributed by atoms with Crippen LogP contribution in [0.15, 0.2) is 29.2 Å². The number of amides is 5. The summed E-state index contributed by atoms with van der Waals surface area (Å²) in [5.74, 6) is -10.7. The lowest BCUT2D eigenvalue weighted by molar-refractivity contribution is -0.145. The molecule has 1 aromatic rings. The van der Waals surface area contributed by atoms with E-state index in [1.165, 1.54) is 39.0 Å². The predicted octanol–water partition coefficient (Wildman–Crippen LogP) is 1.26. The molecule has 0 saturated carbocycles. The normalized spacial score (nSPS) is 16.0. The largest absolute Gasteiger partial charge is 0.481 e. The first-order valence-corrected chi connectivity index (χ1v) is 28.1. The quantitative estimate of drug-likeness (QED) is 0.0452. The average molecular weight is 1160 g/mol. The Morgan fingerprint density at radius 2 is 0.950 bits per heavy atom. The van der Waals surface area contributed by atoms with Crippen LogP contribution in [-0.2, 0) is 47.9 Å². The average Bonchev–Trinajstić information content (AvgIpc) is 3.35. The van der Waals surface area contributed by atoms with Crippen molar-refractivity contribution in [3.8, 4) is 0 Å². The molecule has 1 aromatic carbocycles. The molecule has 1 saturated heterocycles. The molecule has 1 heterocycles. The Bertz CT molecular complexity index is 2240. The van der Waals surface area contributed by atoms with Crippen molar-refractivity contribution in [2.24, 2.45) is 0 Å². The van der Waals surface area contributed by atoms with E-state index in [0.717, 1.165) is 0 Å². The molecule has 28 heteroatoms. The SMILES string of the molecule is CC(C)(C)S(F)(c1ccc(C(=O)N[C@H](CNC(=O)CC[C@@H](C(=O)O)N2CCN(CC(=O)O)CCN(CC(=O)O)CCN(CC(=O)O)CC2)C(=O)N[C@H](CCCCNC(=O)CCC(=O)NCCCCC(=O)O)C(=O)O)cc1)C(C)(C)C. The maximum absolute atomic E-state index is 17.1. The second kappa shape index (κ2) is 33.9. The smallest absolute Gasteiger partial charge is 0.326 e. The first-order valence-electron chi connectivity index (χ1n) is 26.6. The van der Waals surface area contributed by atoms with E-state index in [9.17, 15) is 78.3 Å². The van der Waals surface area contributed by atoms with Crippen LogP contribution in [0.5, 0.6) is 0 Å². The van der Waals surface area contributed by atoms with Crippen molar-refractivity contribution in [1.29, 1.82) is 0 Å². The standard InChI is InChI=1S/C52H84FN9O17S/c1-51(2,3)80(53,52(4,5)6)36-15-13-35(14-16-36)47(74)58-38(48(75)57-37(49(76)77)11-7-9-21-54-40(63)19-20-41(64)55-22-10-8-12-43(66)67)31-56-42(65)18-17-39(50(78)79)62-29-27-60(33-45(70)71)25-23-59(32-44(68)69)24-26-61(28-30-62)34-46(72)73/h13-16,37-39H,7-12,17-34H2,1-6H3,(H,54,63)(H,55,64)(H,56,65)(H,57,75)(H,58,74)(H,66,67)(H,68,69)(H,70,71)(H,72,73)(H,76,77)(H,78,79)/t37-,38-,39+/m1/s1. The summed E-state index contributed by atoms with van der Waals surface area (Å²) in [6.07, 6.45) is 0.0921. The number of rotatable bonds is 32. The number of carbonyl (C=O) groups excluding carboxylic acids is 5. The highest BCUT2D eigenvalue weighted by molar-refractivity contribution is 8.31. The van der Waals surface area contributed by atoms with Crippen LogP contribution in [-0.4, -0.2) is 235 Å². The van der Waals surface area contributed by atoms with Crippen molar-refractivity contribution in [2.45, 2.75) is 138 Å². The molecule has 0 unspecified atom stereocenters. The number of nitrogens with one attached hydrogen (secondary N) is 5. The van der Waals surface area contributed by atoms with E-state index in [1.807, 2.05) is 0 Å². The van der Waals surface area contributed by atoms with Crippen molar-refractivity contribution in [3.05, 3.63) is 29.8 Å². The Balaban J connectivity index is 2.29. The molecular weight excluding hydrogens is 1070 g/mol. The number of carbonyl (C=O) groups is 11. The van der Waals surface area contributed by atoms with Crippen molar-refractivity contribution < 1.29 is 87.3 Å². The molecule has 26 nitrogen and oxygen atoms in total. The summed E-state index contributed by atoms with van der Waals surface area (Å²) < 4.78 is 15.5. The topological polar surface area (TPSA) is 382 Å². The number of hydrogen-bond acceptors (Lipinski definition) is 15. The summed E-state index contributed by atoms with van der Waals surface area (Å²) in [6, 6.07) is 1.25. The summed E-state index contributed by atoms with van der Waals surface area (Å²) in [5, 5.41) is 70.7. The minimum absolute atomic E-state index is 0.00128. The van der Waals surface area contributed by atoms with Crippen LogP contribution in [0.3, 0.4) is 0 Å². The lowest BCUT2D eigenvalue weighted by Crippen LogP contribution is -2.55. The molecule has 0 radical (unpaired) electrons. The van der Waals surface area contributed by atoms with Crippen molar-refractivity contribution in [2.75, 3.05) is 91.6 Å². The zero-order valence-electron chi connectivity index (χ0n) is 46.8. The van der Waals surface area contributed by atoms with Gasteiger partial charge in [-0.3, -0.25) is 67.5 Å². The Hall–Kier alpha value is -6.49. The van der Waals surface area contributed by atoms with Gasteiger partial charge in [-0.15, -0.1) is 0 Å². The number of unbranched alkanes of at least 4 members (excludes halogenated alkanes) is 2. The van der Waals surface area contributed by atoms with Crippen molar-refractivity contribution >= 4 is 75.8 Å². The van der Waals surface area contributed by atoms with Gasteiger partial charge in [0.05, 0.1) is 19.6 Å². The summed E-state index contributed by atoms with van der Waals surface area (Å²) in [7, 11) is -3.00. The van der Waals surface area contributed by atoms with Crippen LogP contribution < -0.4 is 26.6 Å². The molecule has 0 aliphatic carbocycles. The van der Waals surface area contributed by atoms with Crippen molar-refractivity contribution in [3.63, 3.8) is 0 Å². The fraction of sp³-hybridized carbons (Fsp3) is 0.673. The highest BCUT2D eigenvalue weighted by Crippen LogP contribution is 2.73. The predicted molar refractivity (Wildman–Crippen MR) is 292 cm³/mol. The first kappa shape index (κ1) is 69.6. The molecule has 0 aromatic heterocycles. The Labute approximate surface area is 467 Å². The first-order chi connectivity index (χ1) is 37.3. The Kier molecular flexibility index (Phi) is 29.5. The van der Waals surface area contributed by atoms with Gasteiger partial charge >= 0.3 is 35.8 Å². The number of carboxylic acids is 6. The minimum Gasteiger partial charge on any atom is -0.481 e. The molecular formula is C52H84FN9O17S. The lowest BCUT2D eigenvalue weighted by atomic mass is 10.1. The van der Waals surface area contributed by atoms with Crippen LogP contribution in [0.2, 0.25) is 0 Å². The van der Waals surface area contributed by atoms with Crippen molar-refractivity contribution in [1.82, 2.24) is 46.2 Å². The van der Waals surface area contributed by atoms with E-state index in [1.54, 1.807) is 46.4 Å². The van der Waals surface area contributed by atoms with Gasteiger partial charge in [0.25, 0.3) is 5.91 Å². The zero-order valence-corrected chi connectivity index (χ0v) is 47.6. The third-order valence-corrected chi connectivity index (χ3v) is 17.4. The van der Waals surface area contributed by atoms with Gasteiger partial charge in [0.1, 0.15) is 18.1 Å².